The number of hydrogen-bond donors (Lipinski definition) is 0. The average molecular weight is 317 g/mol. The molecule has 2 nitrogen and oxygen atoms in total. The van der Waals surface area contributed by atoms with E-state index in [1.165, 1.54) is 17.0 Å². The summed E-state index contributed by atoms with van der Waals surface area (Å²) in [5.74, 6) is -0.154. The Morgan fingerprint density at radius 1 is 1.05 bits per heavy atom. The molecule has 0 saturated heterocycles. The van der Waals surface area contributed by atoms with Crippen molar-refractivity contribution >= 4 is 17.7 Å². The SMILES string of the molecule is CSc1ccc(CN(C)C(=O)CCc2ccc(F)cc2)cc1. The molecule has 1 amide bonds. The average Bonchev–Trinajstić information content (AvgIpc) is 2.54. The van der Waals surface area contributed by atoms with Gasteiger partial charge in [-0.25, -0.2) is 4.39 Å². The third-order valence-electron chi connectivity index (χ3n) is 3.55. The maximum atomic E-state index is 12.8. The molecule has 0 fully saturated rings. The lowest BCUT2D eigenvalue weighted by molar-refractivity contribution is -0.130. The monoisotopic (exact) mass is 317 g/mol. The van der Waals surface area contributed by atoms with Gasteiger partial charge in [-0.1, -0.05) is 24.3 Å². The highest BCUT2D eigenvalue weighted by atomic mass is 32.2. The summed E-state index contributed by atoms with van der Waals surface area (Å²) in [6, 6.07) is 14.5. The van der Waals surface area contributed by atoms with E-state index >= 15 is 0 Å². The summed E-state index contributed by atoms with van der Waals surface area (Å²) in [5, 5.41) is 0. The van der Waals surface area contributed by atoms with E-state index in [0.717, 1.165) is 11.1 Å². The predicted octanol–water partition coefficient (Wildman–Crippen LogP) is 4.14. The van der Waals surface area contributed by atoms with Gasteiger partial charge >= 0.3 is 0 Å². The molecule has 2 aromatic rings. The van der Waals surface area contributed by atoms with Gasteiger partial charge in [0.2, 0.25) is 5.91 Å². The number of nitrogens with zero attached hydrogens (tertiary/aromatic N) is 1. The Balaban J connectivity index is 1.84. The second-order valence-electron chi connectivity index (χ2n) is 5.22. The van der Waals surface area contributed by atoms with Crippen LogP contribution >= 0.6 is 11.8 Å². The summed E-state index contributed by atoms with van der Waals surface area (Å²) in [6.45, 7) is 0.608. The Hall–Kier alpha value is -1.81. The number of carbonyl (C=O) groups is 1. The fourth-order valence-corrected chi connectivity index (χ4v) is 2.59. The fraction of sp³-hybridized carbons (Fsp3) is 0.278. The second kappa shape index (κ2) is 7.99. The van der Waals surface area contributed by atoms with E-state index < -0.39 is 0 Å². The van der Waals surface area contributed by atoms with Crippen molar-refractivity contribution in [2.75, 3.05) is 13.3 Å². The first-order chi connectivity index (χ1) is 10.6. The quantitative estimate of drug-likeness (QED) is 0.746. The standard InChI is InChI=1S/C18H20FNOS/c1-20(13-15-5-10-17(22-2)11-6-15)18(21)12-7-14-3-8-16(19)9-4-14/h3-6,8-11H,7,12-13H2,1-2H3. The molecule has 4 heteroatoms. The zero-order valence-corrected chi connectivity index (χ0v) is 13.7. The van der Waals surface area contributed by atoms with Crippen LogP contribution in [0.4, 0.5) is 4.39 Å². The highest BCUT2D eigenvalue weighted by Crippen LogP contribution is 2.16. The van der Waals surface area contributed by atoms with Crippen molar-refractivity contribution in [2.45, 2.75) is 24.3 Å². The van der Waals surface area contributed by atoms with Gasteiger partial charge in [0.1, 0.15) is 5.82 Å². The Kier molecular flexibility index (Phi) is 6.01. The summed E-state index contributed by atoms with van der Waals surface area (Å²) in [6.07, 6.45) is 3.11. The molecule has 0 heterocycles. The predicted molar refractivity (Wildman–Crippen MR) is 89.4 cm³/mol. The smallest absolute Gasteiger partial charge is 0.222 e. The molecular weight excluding hydrogens is 297 g/mol. The summed E-state index contributed by atoms with van der Waals surface area (Å²) in [7, 11) is 1.81. The van der Waals surface area contributed by atoms with Gasteiger partial charge in [-0.3, -0.25) is 4.79 Å². The zero-order valence-electron chi connectivity index (χ0n) is 12.9. The lowest BCUT2D eigenvalue weighted by atomic mass is 10.1. The molecule has 0 atom stereocenters. The maximum absolute atomic E-state index is 12.8. The van der Waals surface area contributed by atoms with E-state index in [0.29, 0.717) is 19.4 Å². The molecule has 0 spiro atoms. The van der Waals surface area contributed by atoms with Crippen LogP contribution in [0.1, 0.15) is 17.5 Å². The number of benzene rings is 2. The first-order valence-corrected chi connectivity index (χ1v) is 8.42. The molecule has 0 radical (unpaired) electrons. The van der Waals surface area contributed by atoms with Crippen molar-refractivity contribution in [1.82, 2.24) is 4.90 Å². The molecular formula is C18H20FNOS. The van der Waals surface area contributed by atoms with Crippen molar-refractivity contribution < 1.29 is 9.18 Å². The topological polar surface area (TPSA) is 20.3 Å². The number of rotatable bonds is 6. The molecule has 0 aliphatic carbocycles. The molecule has 0 aromatic heterocycles. The molecule has 0 aliphatic rings. The summed E-state index contributed by atoms with van der Waals surface area (Å²) < 4.78 is 12.8. The van der Waals surface area contributed by atoms with Crippen molar-refractivity contribution in [3.8, 4) is 0 Å². The van der Waals surface area contributed by atoms with Crippen LogP contribution in [0.2, 0.25) is 0 Å². The summed E-state index contributed by atoms with van der Waals surface area (Å²) in [5.41, 5.74) is 2.10. The molecule has 0 unspecified atom stereocenters. The van der Waals surface area contributed by atoms with E-state index in [4.69, 9.17) is 0 Å². The third kappa shape index (κ3) is 4.88. The van der Waals surface area contributed by atoms with E-state index in [2.05, 4.69) is 24.3 Å². The summed E-state index contributed by atoms with van der Waals surface area (Å²) >= 11 is 1.70. The Bertz CT molecular complexity index is 610. The van der Waals surface area contributed by atoms with Gasteiger partial charge in [-0.2, -0.15) is 0 Å². The molecule has 0 bridgehead atoms. The van der Waals surface area contributed by atoms with Gasteiger partial charge in [0.15, 0.2) is 0 Å². The number of thioether (sulfide) groups is 1. The van der Waals surface area contributed by atoms with E-state index in [9.17, 15) is 9.18 Å². The maximum Gasteiger partial charge on any atom is 0.222 e. The number of hydrogen-bond acceptors (Lipinski definition) is 2. The zero-order chi connectivity index (χ0) is 15.9. The molecule has 0 N–H and O–H groups in total. The van der Waals surface area contributed by atoms with Gasteiger partial charge < -0.3 is 4.90 Å². The molecule has 0 aliphatic heterocycles. The van der Waals surface area contributed by atoms with Crippen LogP contribution in [0, 0.1) is 5.82 Å². The van der Waals surface area contributed by atoms with Crippen molar-refractivity contribution in [3.63, 3.8) is 0 Å². The minimum Gasteiger partial charge on any atom is -0.341 e. The summed E-state index contributed by atoms with van der Waals surface area (Å²) in [4.78, 5) is 15.1. The molecule has 116 valence electrons. The third-order valence-corrected chi connectivity index (χ3v) is 4.29. The van der Waals surface area contributed by atoms with Crippen LogP contribution in [0.15, 0.2) is 53.4 Å². The largest absolute Gasteiger partial charge is 0.341 e. The normalized spacial score (nSPS) is 10.5. The number of aryl methyl sites for hydroxylation is 1. The first kappa shape index (κ1) is 16.6. The number of amides is 1. The molecule has 22 heavy (non-hydrogen) atoms. The van der Waals surface area contributed by atoms with Crippen molar-refractivity contribution in [3.05, 3.63) is 65.5 Å². The number of carbonyl (C=O) groups excluding carboxylic acids is 1. The lowest BCUT2D eigenvalue weighted by Gasteiger charge is -2.17. The fourth-order valence-electron chi connectivity index (χ4n) is 2.19. The van der Waals surface area contributed by atoms with Crippen LogP contribution in [0.25, 0.3) is 0 Å². The number of halogens is 1. The minimum absolute atomic E-state index is 0.0956. The van der Waals surface area contributed by atoms with Crippen molar-refractivity contribution in [2.24, 2.45) is 0 Å². The van der Waals surface area contributed by atoms with Crippen LogP contribution in [-0.2, 0) is 17.8 Å². The molecule has 2 aromatic carbocycles. The van der Waals surface area contributed by atoms with E-state index in [1.54, 1.807) is 28.8 Å². The molecule has 2 rings (SSSR count). The Morgan fingerprint density at radius 3 is 2.23 bits per heavy atom. The van der Waals surface area contributed by atoms with Gasteiger partial charge in [0.05, 0.1) is 0 Å². The van der Waals surface area contributed by atoms with Gasteiger partial charge in [0.25, 0.3) is 0 Å². The molecule has 0 saturated carbocycles. The van der Waals surface area contributed by atoms with Gasteiger partial charge in [-0.15, -0.1) is 11.8 Å². The second-order valence-corrected chi connectivity index (χ2v) is 6.10. The minimum atomic E-state index is -0.249. The van der Waals surface area contributed by atoms with Crippen LogP contribution in [0.5, 0.6) is 0 Å². The van der Waals surface area contributed by atoms with Crippen LogP contribution < -0.4 is 0 Å². The van der Waals surface area contributed by atoms with E-state index in [1.807, 2.05) is 13.3 Å². The van der Waals surface area contributed by atoms with E-state index in [-0.39, 0.29) is 11.7 Å². The Morgan fingerprint density at radius 2 is 1.64 bits per heavy atom. The Labute approximate surface area is 135 Å². The lowest BCUT2D eigenvalue weighted by Crippen LogP contribution is -2.26. The van der Waals surface area contributed by atoms with Gasteiger partial charge in [-0.05, 0) is 48.1 Å². The van der Waals surface area contributed by atoms with Crippen LogP contribution in [0.3, 0.4) is 0 Å². The first-order valence-electron chi connectivity index (χ1n) is 7.20. The highest BCUT2D eigenvalue weighted by molar-refractivity contribution is 7.98. The highest BCUT2D eigenvalue weighted by Gasteiger charge is 2.09. The van der Waals surface area contributed by atoms with Crippen molar-refractivity contribution in [1.29, 1.82) is 0 Å². The van der Waals surface area contributed by atoms with Gasteiger partial charge in [0, 0.05) is 24.9 Å². The van der Waals surface area contributed by atoms with Crippen LogP contribution in [-0.4, -0.2) is 24.1 Å².